The first-order valence-corrected chi connectivity index (χ1v) is 7.62. The highest BCUT2D eigenvalue weighted by Crippen LogP contribution is 2.34. The molecule has 0 unspecified atom stereocenters. The number of benzene rings is 1. The number of hydrogen-bond acceptors (Lipinski definition) is 5. The molecule has 2 atom stereocenters. The third kappa shape index (κ3) is 4.69. The SMILES string of the molecule is N[C@@H](Cc1ccc(C(=O)O)c(N[C@H](CC2CC2)C(=O)O)c1)C(=O)O. The van der Waals surface area contributed by atoms with Crippen molar-refractivity contribution in [2.24, 2.45) is 11.7 Å². The van der Waals surface area contributed by atoms with Crippen LogP contribution in [0.2, 0.25) is 0 Å². The van der Waals surface area contributed by atoms with E-state index in [1.807, 2.05) is 0 Å². The minimum Gasteiger partial charge on any atom is -0.480 e. The van der Waals surface area contributed by atoms with Crippen LogP contribution in [0, 0.1) is 5.92 Å². The summed E-state index contributed by atoms with van der Waals surface area (Å²) >= 11 is 0. The molecule has 0 saturated heterocycles. The first kappa shape index (κ1) is 17.7. The van der Waals surface area contributed by atoms with Crippen molar-refractivity contribution in [3.8, 4) is 0 Å². The predicted molar refractivity (Wildman–Crippen MR) is 85.1 cm³/mol. The van der Waals surface area contributed by atoms with Crippen molar-refractivity contribution in [1.29, 1.82) is 0 Å². The Kier molecular flexibility index (Phi) is 5.40. The van der Waals surface area contributed by atoms with Crippen LogP contribution in [-0.4, -0.2) is 45.3 Å². The smallest absolute Gasteiger partial charge is 0.337 e. The lowest BCUT2D eigenvalue weighted by Gasteiger charge is -2.18. The Morgan fingerprint density at radius 2 is 1.83 bits per heavy atom. The fourth-order valence-electron chi connectivity index (χ4n) is 2.46. The lowest BCUT2D eigenvalue weighted by molar-refractivity contribution is -0.139. The summed E-state index contributed by atoms with van der Waals surface area (Å²) in [6.45, 7) is 0. The molecule has 1 fully saturated rings. The molecule has 1 aromatic rings. The second-order valence-corrected chi connectivity index (χ2v) is 6.05. The van der Waals surface area contributed by atoms with Gasteiger partial charge in [-0.15, -0.1) is 0 Å². The first-order valence-electron chi connectivity index (χ1n) is 7.62. The van der Waals surface area contributed by atoms with Crippen LogP contribution in [0.5, 0.6) is 0 Å². The van der Waals surface area contributed by atoms with E-state index >= 15 is 0 Å². The van der Waals surface area contributed by atoms with Gasteiger partial charge < -0.3 is 26.4 Å². The number of nitrogens with two attached hydrogens (primary N) is 1. The van der Waals surface area contributed by atoms with Crippen LogP contribution in [0.25, 0.3) is 0 Å². The number of anilines is 1. The van der Waals surface area contributed by atoms with E-state index in [2.05, 4.69) is 5.32 Å². The van der Waals surface area contributed by atoms with E-state index in [4.69, 9.17) is 10.8 Å². The molecule has 0 radical (unpaired) electrons. The normalized spacial score (nSPS) is 16.2. The molecule has 8 nitrogen and oxygen atoms in total. The Balaban J connectivity index is 2.24. The van der Waals surface area contributed by atoms with Crippen molar-refractivity contribution in [3.63, 3.8) is 0 Å². The monoisotopic (exact) mass is 336 g/mol. The number of hydrogen-bond donors (Lipinski definition) is 5. The second-order valence-electron chi connectivity index (χ2n) is 6.05. The summed E-state index contributed by atoms with van der Waals surface area (Å²) in [5, 5.41) is 30.2. The topological polar surface area (TPSA) is 150 Å². The molecular formula is C16H20N2O6. The van der Waals surface area contributed by atoms with Gasteiger partial charge in [0.25, 0.3) is 0 Å². The van der Waals surface area contributed by atoms with Gasteiger partial charge >= 0.3 is 17.9 Å². The van der Waals surface area contributed by atoms with Gasteiger partial charge in [0.1, 0.15) is 12.1 Å². The molecule has 1 aliphatic carbocycles. The molecule has 0 aliphatic heterocycles. The maximum atomic E-state index is 11.4. The summed E-state index contributed by atoms with van der Waals surface area (Å²) < 4.78 is 0. The number of rotatable bonds is 9. The molecule has 0 bridgehead atoms. The minimum atomic E-state index is -1.19. The molecule has 6 N–H and O–H groups in total. The molecule has 0 aromatic heterocycles. The van der Waals surface area contributed by atoms with Crippen molar-refractivity contribution < 1.29 is 29.7 Å². The van der Waals surface area contributed by atoms with E-state index in [9.17, 15) is 24.6 Å². The standard InChI is InChI=1S/C16H20N2O6/c17-11(15(21)22)5-9-3-4-10(14(19)20)12(7-9)18-13(16(23)24)6-8-1-2-8/h3-4,7-8,11,13,18H,1-2,5-6,17H2,(H,19,20)(H,21,22)(H,23,24)/t11-,13+/m0/s1. The predicted octanol–water partition coefficient (Wildman–Crippen LogP) is 1.00. The third-order valence-corrected chi connectivity index (χ3v) is 3.98. The number of carboxylic acid groups (broad SMARTS) is 3. The van der Waals surface area contributed by atoms with E-state index in [0.29, 0.717) is 17.9 Å². The van der Waals surface area contributed by atoms with Gasteiger partial charge in [-0.05, 0) is 36.5 Å². The minimum absolute atomic E-state index is 0.0181. The second kappa shape index (κ2) is 7.31. The Labute approximate surface area is 138 Å². The summed E-state index contributed by atoms with van der Waals surface area (Å²) in [4.78, 5) is 33.6. The summed E-state index contributed by atoms with van der Waals surface area (Å²) in [5.74, 6) is -3.06. The van der Waals surface area contributed by atoms with Crippen LogP contribution < -0.4 is 11.1 Å². The molecule has 2 rings (SSSR count). The lowest BCUT2D eigenvalue weighted by Crippen LogP contribution is -2.32. The summed E-state index contributed by atoms with van der Waals surface area (Å²) in [6.07, 6.45) is 2.40. The highest BCUT2D eigenvalue weighted by molar-refractivity contribution is 5.95. The molecule has 0 heterocycles. The number of aliphatic carboxylic acids is 2. The van der Waals surface area contributed by atoms with Gasteiger partial charge in [0, 0.05) is 5.69 Å². The third-order valence-electron chi connectivity index (χ3n) is 3.98. The number of carbonyl (C=O) groups is 3. The molecular weight excluding hydrogens is 316 g/mol. The van der Waals surface area contributed by atoms with Gasteiger partial charge in [-0.2, -0.15) is 0 Å². The molecule has 1 aromatic carbocycles. The molecule has 24 heavy (non-hydrogen) atoms. The van der Waals surface area contributed by atoms with Gasteiger partial charge in [0.2, 0.25) is 0 Å². The van der Waals surface area contributed by atoms with E-state index in [1.165, 1.54) is 18.2 Å². The zero-order chi connectivity index (χ0) is 17.9. The van der Waals surface area contributed by atoms with E-state index in [-0.39, 0.29) is 17.7 Å². The van der Waals surface area contributed by atoms with Gasteiger partial charge in [-0.3, -0.25) is 4.79 Å². The summed E-state index contributed by atoms with van der Waals surface area (Å²) in [6, 6.07) is 2.25. The van der Waals surface area contributed by atoms with Crippen molar-refractivity contribution in [1.82, 2.24) is 0 Å². The van der Waals surface area contributed by atoms with Crippen molar-refractivity contribution >= 4 is 23.6 Å². The van der Waals surface area contributed by atoms with Gasteiger partial charge in [0.05, 0.1) is 5.56 Å². The molecule has 0 spiro atoms. The van der Waals surface area contributed by atoms with Crippen LogP contribution in [-0.2, 0) is 16.0 Å². The van der Waals surface area contributed by atoms with Gasteiger partial charge in [-0.1, -0.05) is 18.9 Å². The number of carboxylic acids is 3. The van der Waals surface area contributed by atoms with Crippen LogP contribution in [0.3, 0.4) is 0 Å². The Morgan fingerprint density at radius 3 is 2.33 bits per heavy atom. The Bertz CT molecular complexity index is 656. The van der Waals surface area contributed by atoms with Gasteiger partial charge in [0.15, 0.2) is 0 Å². The molecule has 8 heteroatoms. The first-order chi connectivity index (χ1) is 11.3. The lowest BCUT2D eigenvalue weighted by atomic mass is 10.0. The summed E-state index contributed by atoms with van der Waals surface area (Å²) in [7, 11) is 0. The maximum absolute atomic E-state index is 11.4. The van der Waals surface area contributed by atoms with Crippen LogP contribution in [0.4, 0.5) is 5.69 Å². The highest BCUT2D eigenvalue weighted by Gasteiger charge is 2.30. The number of nitrogens with one attached hydrogen (secondary N) is 1. The average Bonchev–Trinajstić information content (AvgIpc) is 3.30. The van der Waals surface area contributed by atoms with Gasteiger partial charge in [-0.25, -0.2) is 9.59 Å². The largest absolute Gasteiger partial charge is 0.480 e. The van der Waals surface area contributed by atoms with Crippen molar-refractivity contribution in [3.05, 3.63) is 29.3 Å². The van der Waals surface area contributed by atoms with Crippen molar-refractivity contribution in [2.45, 2.75) is 37.8 Å². The zero-order valence-corrected chi connectivity index (χ0v) is 12.9. The number of aromatic carboxylic acids is 1. The molecule has 0 amide bonds. The quantitative estimate of drug-likeness (QED) is 0.448. The summed E-state index contributed by atoms with van der Waals surface area (Å²) in [5.41, 5.74) is 6.10. The average molecular weight is 336 g/mol. The van der Waals surface area contributed by atoms with Crippen LogP contribution in [0.1, 0.15) is 35.2 Å². The van der Waals surface area contributed by atoms with E-state index in [1.54, 1.807) is 0 Å². The maximum Gasteiger partial charge on any atom is 0.337 e. The molecule has 1 aliphatic rings. The van der Waals surface area contributed by atoms with E-state index in [0.717, 1.165) is 12.8 Å². The van der Waals surface area contributed by atoms with Crippen LogP contribution >= 0.6 is 0 Å². The molecule has 130 valence electrons. The zero-order valence-electron chi connectivity index (χ0n) is 12.9. The molecule has 1 saturated carbocycles. The fraction of sp³-hybridized carbons (Fsp3) is 0.438. The highest BCUT2D eigenvalue weighted by atomic mass is 16.4. The van der Waals surface area contributed by atoms with E-state index < -0.39 is 30.0 Å². The Hall–Kier alpha value is -2.61. The Morgan fingerprint density at radius 1 is 1.17 bits per heavy atom. The fourth-order valence-corrected chi connectivity index (χ4v) is 2.46. The van der Waals surface area contributed by atoms with Crippen molar-refractivity contribution in [2.75, 3.05) is 5.32 Å². The van der Waals surface area contributed by atoms with Crippen LogP contribution in [0.15, 0.2) is 18.2 Å².